The molecular weight excluding hydrogens is 320 g/mol. The van der Waals surface area contributed by atoms with Crippen LogP contribution in [0.25, 0.3) is 22.4 Å². The quantitative estimate of drug-likeness (QED) is 0.664. The van der Waals surface area contributed by atoms with Gasteiger partial charge in [-0.25, -0.2) is 0 Å². The second-order valence-electron chi connectivity index (χ2n) is 6.25. The van der Waals surface area contributed by atoms with Gasteiger partial charge in [-0.05, 0) is 32.0 Å². The molecule has 1 aliphatic rings. The van der Waals surface area contributed by atoms with Crippen molar-refractivity contribution in [2.45, 2.75) is 25.9 Å². The summed E-state index contributed by atoms with van der Waals surface area (Å²) in [7, 11) is 1.39. The van der Waals surface area contributed by atoms with E-state index in [1.807, 2.05) is 35.0 Å². The fourth-order valence-corrected chi connectivity index (χ4v) is 3.31. The molecule has 25 heavy (non-hydrogen) atoms. The number of methoxy groups -OCH3 is 1. The number of likely N-dealkylation sites (tertiary alicyclic amines) is 1. The van der Waals surface area contributed by atoms with Crippen LogP contribution in [0.5, 0.6) is 0 Å². The maximum Gasteiger partial charge on any atom is 0.325 e. The lowest BCUT2D eigenvalue weighted by atomic mass is 10.2. The lowest BCUT2D eigenvalue weighted by Crippen LogP contribution is -2.18. The Morgan fingerprint density at radius 3 is 2.84 bits per heavy atom. The molecule has 0 unspecified atom stereocenters. The van der Waals surface area contributed by atoms with Crippen molar-refractivity contribution in [3.8, 4) is 11.5 Å². The summed E-state index contributed by atoms with van der Waals surface area (Å²) in [6, 6.07) is 7.84. The number of esters is 1. The van der Waals surface area contributed by atoms with Crippen LogP contribution < -0.4 is 0 Å². The molecule has 3 aromatic rings. The van der Waals surface area contributed by atoms with Gasteiger partial charge in [0.2, 0.25) is 11.8 Å². The molecular formula is C18H20N4O3. The summed E-state index contributed by atoms with van der Waals surface area (Å²) < 4.78 is 12.5. The molecule has 4 rings (SSSR count). The fraction of sp³-hybridized carbons (Fsp3) is 0.389. The summed E-state index contributed by atoms with van der Waals surface area (Å²) in [4.78, 5) is 14.0. The standard InChI is InChI=1S/C18H20N4O3/c1-24-17(23)12-22-10-14(13-6-2-3-7-15(13)22)18-20-19-16(25-18)11-21-8-4-5-9-21/h2-3,6-7,10H,4-5,8-9,11-12H2,1H3. The van der Waals surface area contributed by atoms with E-state index in [4.69, 9.17) is 9.15 Å². The van der Waals surface area contributed by atoms with E-state index in [9.17, 15) is 4.79 Å². The third-order valence-electron chi connectivity index (χ3n) is 4.57. The van der Waals surface area contributed by atoms with Gasteiger partial charge in [0.05, 0.1) is 19.2 Å². The van der Waals surface area contributed by atoms with Crippen molar-refractivity contribution in [2.24, 2.45) is 0 Å². The van der Waals surface area contributed by atoms with E-state index in [1.54, 1.807) is 0 Å². The van der Waals surface area contributed by atoms with Crippen molar-refractivity contribution in [1.29, 1.82) is 0 Å². The number of hydrogen-bond donors (Lipinski definition) is 0. The van der Waals surface area contributed by atoms with Crippen molar-refractivity contribution in [1.82, 2.24) is 19.7 Å². The minimum absolute atomic E-state index is 0.145. The maximum absolute atomic E-state index is 11.7. The molecule has 3 heterocycles. The first-order chi connectivity index (χ1) is 12.2. The van der Waals surface area contributed by atoms with E-state index in [0.717, 1.165) is 29.6 Å². The van der Waals surface area contributed by atoms with E-state index in [2.05, 4.69) is 15.1 Å². The number of carbonyl (C=O) groups excluding carboxylic acids is 1. The van der Waals surface area contributed by atoms with E-state index in [1.165, 1.54) is 20.0 Å². The first-order valence-corrected chi connectivity index (χ1v) is 8.44. The van der Waals surface area contributed by atoms with Crippen molar-refractivity contribution >= 4 is 16.9 Å². The van der Waals surface area contributed by atoms with E-state index in [0.29, 0.717) is 18.3 Å². The van der Waals surface area contributed by atoms with Gasteiger partial charge in [-0.3, -0.25) is 9.69 Å². The van der Waals surface area contributed by atoms with Crippen molar-refractivity contribution in [3.05, 3.63) is 36.4 Å². The van der Waals surface area contributed by atoms with Crippen molar-refractivity contribution < 1.29 is 13.9 Å². The minimum Gasteiger partial charge on any atom is -0.468 e. The number of para-hydroxylation sites is 1. The van der Waals surface area contributed by atoms with Gasteiger partial charge in [0.25, 0.3) is 0 Å². The normalized spacial score (nSPS) is 15.1. The van der Waals surface area contributed by atoms with Crippen molar-refractivity contribution in [3.63, 3.8) is 0 Å². The average Bonchev–Trinajstić information content (AvgIpc) is 3.36. The number of fused-ring (bicyclic) bond motifs is 1. The SMILES string of the molecule is COC(=O)Cn1cc(-c2nnc(CN3CCCC3)o2)c2ccccc21. The Balaban J connectivity index is 1.66. The van der Waals surface area contributed by atoms with Crippen LogP contribution in [0, 0.1) is 0 Å². The predicted octanol–water partition coefficient (Wildman–Crippen LogP) is 2.46. The Kier molecular flexibility index (Phi) is 4.23. The van der Waals surface area contributed by atoms with Crippen LogP contribution in [-0.2, 0) is 22.6 Å². The highest BCUT2D eigenvalue weighted by atomic mass is 16.5. The maximum atomic E-state index is 11.7. The summed E-state index contributed by atoms with van der Waals surface area (Å²) in [5, 5.41) is 9.38. The molecule has 1 fully saturated rings. The Morgan fingerprint density at radius 2 is 2.04 bits per heavy atom. The second kappa shape index (κ2) is 6.68. The number of ether oxygens (including phenoxy) is 1. The molecule has 0 amide bonds. The van der Waals surface area contributed by atoms with Crippen LogP contribution in [0.4, 0.5) is 0 Å². The third-order valence-corrected chi connectivity index (χ3v) is 4.57. The molecule has 0 spiro atoms. The van der Waals surface area contributed by atoms with Gasteiger partial charge in [-0.2, -0.15) is 0 Å². The summed E-state index contributed by atoms with van der Waals surface area (Å²) in [5.74, 6) is 0.809. The van der Waals surface area contributed by atoms with Gasteiger partial charge >= 0.3 is 5.97 Å². The van der Waals surface area contributed by atoms with Gasteiger partial charge in [0.15, 0.2) is 0 Å². The van der Waals surface area contributed by atoms with Crippen LogP contribution in [0.2, 0.25) is 0 Å². The number of benzene rings is 1. The summed E-state index contributed by atoms with van der Waals surface area (Å²) >= 11 is 0. The van der Waals surface area contributed by atoms with Gasteiger partial charge in [0.1, 0.15) is 6.54 Å². The Labute approximate surface area is 145 Å². The third kappa shape index (κ3) is 3.15. The molecule has 2 aromatic heterocycles. The van der Waals surface area contributed by atoms with Crippen LogP contribution in [0.15, 0.2) is 34.9 Å². The van der Waals surface area contributed by atoms with Crippen LogP contribution in [0.3, 0.4) is 0 Å². The fourth-order valence-electron chi connectivity index (χ4n) is 3.31. The smallest absolute Gasteiger partial charge is 0.325 e. The highest BCUT2D eigenvalue weighted by Crippen LogP contribution is 2.30. The van der Waals surface area contributed by atoms with Gasteiger partial charge in [-0.1, -0.05) is 18.2 Å². The molecule has 0 N–H and O–H groups in total. The zero-order valence-corrected chi connectivity index (χ0v) is 14.1. The molecule has 0 radical (unpaired) electrons. The zero-order chi connectivity index (χ0) is 17.2. The van der Waals surface area contributed by atoms with Gasteiger partial charge in [-0.15, -0.1) is 10.2 Å². The second-order valence-corrected chi connectivity index (χ2v) is 6.25. The number of nitrogens with zero attached hydrogens (tertiary/aromatic N) is 4. The number of aromatic nitrogens is 3. The first kappa shape index (κ1) is 15.8. The summed E-state index contributed by atoms with van der Waals surface area (Å²) in [5.41, 5.74) is 1.77. The van der Waals surface area contributed by atoms with Crippen LogP contribution in [0.1, 0.15) is 18.7 Å². The molecule has 0 atom stereocenters. The number of hydrogen-bond acceptors (Lipinski definition) is 6. The number of carbonyl (C=O) groups is 1. The highest BCUT2D eigenvalue weighted by molar-refractivity contribution is 5.94. The first-order valence-electron chi connectivity index (χ1n) is 8.44. The zero-order valence-electron chi connectivity index (χ0n) is 14.1. The van der Waals surface area contributed by atoms with Crippen LogP contribution in [-0.4, -0.2) is 45.8 Å². The Morgan fingerprint density at radius 1 is 1.24 bits per heavy atom. The molecule has 0 saturated carbocycles. The monoisotopic (exact) mass is 340 g/mol. The highest BCUT2D eigenvalue weighted by Gasteiger charge is 2.19. The average molecular weight is 340 g/mol. The lowest BCUT2D eigenvalue weighted by molar-refractivity contribution is -0.141. The van der Waals surface area contributed by atoms with Crippen LogP contribution >= 0.6 is 0 Å². The van der Waals surface area contributed by atoms with E-state index >= 15 is 0 Å². The van der Waals surface area contributed by atoms with Gasteiger partial charge < -0.3 is 13.7 Å². The molecule has 0 aliphatic carbocycles. The number of rotatable bonds is 5. The van der Waals surface area contributed by atoms with Gasteiger partial charge in [0, 0.05) is 17.1 Å². The summed E-state index contributed by atoms with van der Waals surface area (Å²) in [6.45, 7) is 2.99. The topological polar surface area (TPSA) is 73.4 Å². The predicted molar refractivity (Wildman–Crippen MR) is 91.8 cm³/mol. The minimum atomic E-state index is -0.299. The largest absolute Gasteiger partial charge is 0.468 e. The Hall–Kier alpha value is -2.67. The van der Waals surface area contributed by atoms with E-state index < -0.39 is 0 Å². The molecule has 7 nitrogen and oxygen atoms in total. The Bertz CT molecular complexity index is 893. The lowest BCUT2D eigenvalue weighted by Gasteiger charge is -2.10. The molecule has 1 aliphatic heterocycles. The molecule has 0 bridgehead atoms. The summed E-state index contributed by atoms with van der Waals surface area (Å²) in [6.07, 6.45) is 4.32. The molecule has 1 aromatic carbocycles. The molecule has 130 valence electrons. The van der Waals surface area contributed by atoms with E-state index in [-0.39, 0.29) is 12.5 Å². The molecule has 7 heteroatoms. The van der Waals surface area contributed by atoms with Crippen molar-refractivity contribution in [2.75, 3.05) is 20.2 Å². The molecule has 1 saturated heterocycles.